The Labute approximate surface area is 155 Å². The lowest BCUT2D eigenvalue weighted by Crippen LogP contribution is -2.47. The second-order valence-corrected chi connectivity index (χ2v) is 8.58. The Morgan fingerprint density at radius 1 is 1.12 bits per heavy atom. The molecule has 1 aromatic carbocycles. The number of aliphatic carboxylic acids is 1. The van der Waals surface area contributed by atoms with E-state index in [1.807, 2.05) is 0 Å². The maximum atomic E-state index is 12.0. The van der Waals surface area contributed by atoms with Crippen molar-refractivity contribution in [2.45, 2.75) is 63.7 Å². The lowest BCUT2D eigenvalue weighted by Gasteiger charge is -2.50. The molecule has 0 aromatic heterocycles. The highest BCUT2D eigenvalue weighted by molar-refractivity contribution is 5.80. The molecule has 0 radical (unpaired) electrons. The zero-order valence-electron chi connectivity index (χ0n) is 15.4. The third-order valence-electron chi connectivity index (χ3n) is 7.37. The number of benzene rings is 1. The minimum atomic E-state index is -0.904. The summed E-state index contributed by atoms with van der Waals surface area (Å²) in [5.41, 5.74) is 3.36. The molecule has 1 amide bonds. The summed E-state index contributed by atoms with van der Waals surface area (Å²) in [6.45, 7) is 0.737. The number of carbonyl (C=O) groups excluding carboxylic acids is 1. The summed E-state index contributed by atoms with van der Waals surface area (Å²) < 4.78 is 0. The van der Waals surface area contributed by atoms with Gasteiger partial charge in [0.2, 0.25) is 5.91 Å². The van der Waals surface area contributed by atoms with Crippen LogP contribution >= 0.6 is 0 Å². The van der Waals surface area contributed by atoms with Crippen molar-refractivity contribution in [1.82, 2.24) is 5.32 Å². The first-order valence-electron chi connectivity index (χ1n) is 10.2. The van der Waals surface area contributed by atoms with Crippen LogP contribution in [0.3, 0.4) is 0 Å². The molecule has 4 nitrogen and oxygen atoms in total. The first kappa shape index (κ1) is 17.6. The standard InChI is InChI=1S/C22H29NO3/c24-20(9-10-21(25)26)23-14-22-12-3-6-19(22)18-8-7-15-4-1-2-5-16(15)17(18)11-13-22/h1-2,4-5,17-19H,3,6-14H2,(H,23,24)(H,25,26)/t17-,18-,19+,22+/m1/s1. The molecule has 2 saturated carbocycles. The number of nitrogens with one attached hydrogen (secondary N) is 1. The molecule has 3 aliphatic rings. The van der Waals surface area contributed by atoms with Crippen molar-refractivity contribution < 1.29 is 14.7 Å². The molecule has 0 unspecified atom stereocenters. The van der Waals surface area contributed by atoms with Crippen LogP contribution in [-0.2, 0) is 16.0 Å². The zero-order chi connectivity index (χ0) is 18.1. The normalized spacial score (nSPS) is 32.2. The van der Waals surface area contributed by atoms with Gasteiger partial charge in [-0.15, -0.1) is 0 Å². The number of carboxylic acids is 1. The van der Waals surface area contributed by atoms with Crippen LogP contribution in [0.5, 0.6) is 0 Å². The number of hydrogen-bond donors (Lipinski definition) is 2. The van der Waals surface area contributed by atoms with Gasteiger partial charge >= 0.3 is 5.97 Å². The molecular weight excluding hydrogens is 326 g/mol. The number of carbonyl (C=O) groups is 2. The fourth-order valence-corrected chi connectivity index (χ4v) is 6.21. The molecule has 1 aromatic rings. The molecule has 4 atom stereocenters. The molecule has 0 heterocycles. The third-order valence-corrected chi connectivity index (χ3v) is 7.37. The summed E-state index contributed by atoms with van der Waals surface area (Å²) in [5.74, 6) is 1.13. The lowest BCUT2D eigenvalue weighted by molar-refractivity contribution is -0.138. The molecule has 4 rings (SSSR count). The van der Waals surface area contributed by atoms with Crippen LogP contribution in [0.2, 0.25) is 0 Å². The van der Waals surface area contributed by atoms with Gasteiger partial charge in [0.05, 0.1) is 6.42 Å². The molecule has 26 heavy (non-hydrogen) atoms. The van der Waals surface area contributed by atoms with Crippen molar-refractivity contribution in [3.05, 3.63) is 35.4 Å². The van der Waals surface area contributed by atoms with Gasteiger partial charge < -0.3 is 10.4 Å². The van der Waals surface area contributed by atoms with Gasteiger partial charge in [0, 0.05) is 13.0 Å². The molecule has 0 spiro atoms. The highest BCUT2D eigenvalue weighted by Crippen LogP contribution is 2.60. The van der Waals surface area contributed by atoms with Crippen molar-refractivity contribution >= 4 is 11.9 Å². The first-order valence-corrected chi connectivity index (χ1v) is 10.2. The Balaban J connectivity index is 1.46. The van der Waals surface area contributed by atoms with E-state index in [4.69, 9.17) is 5.11 Å². The van der Waals surface area contributed by atoms with E-state index in [-0.39, 0.29) is 24.2 Å². The maximum absolute atomic E-state index is 12.0. The Morgan fingerprint density at radius 2 is 1.96 bits per heavy atom. The van der Waals surface area contributed by atoms with Crippen LogP contribution in [0.1, 0.15) is 68.4 Å². The van der Waals surface area contributed by atoms with E-state index in [0.717, 1.165) is 12.5 Å². The smallest absolute Gasteiger partial charge is 0.303 e. The van der Waals surface area contributed by atoms with Gasteiger partial charge in [-0.05, 0) is 72.8 Å². The maximum Gasteiger partial charge on any atom is 0.303 e. The van der Waals surface area contributed by atoms with Gasteiger partial charge in [-0.2, -0.15) is 0 Å². The average Bonchev–Trinajstić information content (AvgIpc) is 3.09. The summed E-state index contributed by atoms with van der Waals surface area (Å²) in [6.07, 6.45) is 8.65. The van der Waals surface area contributed by atoms with Crippen molar-refractivity contribution in [3.8, 4) is 0 Å². The lowest BCUT2D eigenvalue weighted by atomic mass is 9.55. The van der Waals surface area contributed by atoms with E-state index in [1.54, 1.807) is 11.1 Å². The van der Waals surface area contributed by atoms with Crippen LogP contribution in [-0.4, -0.2) is 23.5 Å². The van der Waals surface area contributed by atoms with Crippen molar-refractivity contribution in [2.75, 3.05) is 6.54 Å². The predicted molar refractivity (Wildman–Crippen MR) is 99.9 cm³/mol. The fourth-order valence-electron chi connectivity index (χ4n) is 6.21. The second kappa shape index (κ2) is 7.05. The minimum absolute atomic E-state index is 0.0796. The topological polar surface area (TPSA) is 66.4 Å². The van der Waals surface area contributed by atoms with Crippen LogP contribution in [0.15, 0.2) is 24.3 Å². The monoisotopic (exact) mass is 355 g/mol. The van der Waals surface area contributed by atoms with Crippen molar-refractivity contribution in [1.29, 1.82) is 0 Å². The summed E-state index contributed by atoms with van der Waals surface area (Å²) in [7, 11) is 0. The Bertz CT molecular complexity index is 700. The molecule has 4 heteroatoms. The molecular formula is C22H29NO3. The predicted octanol–water partition coefficient (Wildman–Crippen LogP) is 3.89. The first-order chi connectivity index (χ1) is 12.6. The molecule has 3 aliphatic carbocycles. The van der Waals surface area contributed by atoms with Crippen LogP contribution in [0.4, 0.5) is 0 Å². The second-order valence-electron chi connectivity index (χ2n) is 8.58. The molecule has 0 saturated heterocycles. The Hall–Kier alpha value is -1.84. The Kier molecular flexibility index (Phi) is 4.76. The summed E-state index contributed by atoms with van der Waals surface area (Å²) in [6, 6.07) is 8.97. The van der Waals surface area contributed by atoms with Gasteiger partial charge in [0.25, 0.3) is 0 Å². The number of aryl methyl sites for hydroxylation is 1. The molecule has 2 N–H and O–H groups in total. The number of hydrogen-bond acceptors (Lipinski definition) is 2. The van der Waals surface area contributed by atoms with Crippen molar-refractivity contribution in [2.24, 2.45) is 17.3 Å². The van der Waals surface area contributed by atoms with Gasteiger partial charge in [-0.1, -0.05) is 30.7 Å². The molecule has 140 valence electrons. The van der Waals surface area contributed by atoms with Gasteiger partial charge in [0.1, 0.15) is 0 Å². The minimum Gasteiger partial charge on any atom is -0.481 e. The van der Waals surface area contributed by atoms with Gasteiger partial charge in [-0.3, -0.25) is 9.59 Å². The summed E-state index contributed by atoms with van der Waals surface area (Å²) >= 11 is 0. The average molecular weight is 355 g/mol. The zero-order valence-corrected chi connectivity index (χ0v) is 15.4. The van der Waals surface area contributed by atoms with E-state index in [2.05, 4.69) is 29.6 Å². The van der Waals surface area contributed by atoms with Crippen LogP contribution in [0.25, 0.3) is 0 Å². The largest absolute Gasteiger partial charge is 0.481 e. The van der Waals surface area contributed by atoms with E-state index < -0.39 is 5.97 Å². The van der Waals surface area contributed by atoms with Crippen LogP contribution in [0, 0.1) is 17.3 Å². The van der Waals surface area contributed by atoms with E-state index in [9.17, 15) is 9.59 Å². The summed E-state index contributed by atoms with van der Waals surface area (Å²) in [5, 5.41) is 11.8. The quantitative estimate of drug-likeness (QED) is 0.842. The van der Waals surface area contributed by atoms with Gasteiger partial charge in [-0.25, -0.2) is 0 Å². The third kappa shape index (κ3) is 3.15. The number of rotatable bonds is 5. The van der Waals surface area contributed by atoms with Crippen LogP contribution < -0.4 is 5.32 Å². The Morgan fingerprint density at radius 3 is 2.81 bits per heavy atom. The number of fused-ring (bicyclic) bond motifs is 5. The van der Waals surface area contributed by atoms with Gasteiger partial charge in [0.15, 0.2) is 0 Å². The number of amides is 1. The highest BCUT2D eigenvalue weighted by Gasteiger charge is 2.52. The number of carboxylic acid groups (broad SMARTS) is 1. The summed E-state index contributed by atoms with van der Waals surface area (Å²) in [4.78, 5) is 22.7. The van der Waals surface area contributed by atoms with E-state index in [0.29, 0.717) is 11.8 Å². The molecule has 2 fully saturated rings. The van der Waals surface area contributed by atoms with Crippen molar-refractivity contribution in [3.63, 3.8) is 0 Å². The van der Waals surface area contributed by atoms with E-state index >= 15 is 0 Å². The molecule has 0 aliphatic heterocycles. The molecule has 0 bridgehead atoms. The van der Waals surface area contributed by atoms with E-state index in [1.165, 1.54) is 44.9 Å². The SMILES string of the molecule is O=C(O)CCC(=O)NC[C@@]12CCC[C@H]1[C@@H]1CCc3ccccc3[C@H]1CC2. The highest BCUT2D eigenvalue weighted by atomic mass is 16.4. The fraction of sp³-hybridized carbons (Fsp3) is 0.636.